The fourth-order valence-corrected chi connectivity index (χ4v) is 6.73. The Hall–Kier alpha value is -2.74. The molecule has 0 radical (unpaired) electrons. The van der Waals surface area contributed by atoms with E-state index in [0.29, 0.717) is 34.3 Å². The summed E-state index contributed by atoms with van der Waals surface area (Å²) in [5.74, 6) is 0.273. The molecule has 1 fully saturated rings. The average molecular weight is 659 g/mol. The minimum Gasteiger partial charge on any atom is -0.494 e. The topological polar surface area (TPSA) is 64.0 Å². The molecule has 1 aromatic heterocycles. The molecule has 1 unspecified atom stereocenters. The summed E-state index contributed by atoms with van der Waals surface area (Å²) < 4.78 is 13.9. The van der Waals surface area contributed by atoms with Gasteiger partial charge < -0.3 is 14.4 Å². The van der Waals surface area contributed by atoms with Gasteiger partial charge in [-0.1, -0.05) is 63.9 Å². The highest BCUT2D eigenvalue weighted by molar-refractivity contribution is 6.43. The number of carbonyl (C=O) groups excluding carboxylic acids is 1. The summed E-state index contributed by atoms with van der Waals surface area (Å²) in [6.07, 6.45) is 1.86. The lowest BCUT2D eigenvalue weighted by Crippen LogP contribution is -2.46. The molecule has 0 saturated carbocycles. The standard InChI is InChI=1S/C36H49Cl2N3O4/c1-25(2)33(45-34(43)36(6,7)24-35(3,4)5)41-30-23-27(15-13-26(30)14-16-31(41)42)44-22-9-8-17-39-18-20-40(21-19-39)29-12-10-11-28(37)32(29)38/h10-16,23,25,33H,8-9,17-22,24H2,1-7H3. The van der Waals surface area contributed by atoms with Crippen molar-refractivity contribution in [1.82, 2.24) is 9.47 Å². The zero-order chi connectivity index (χ0) is 32.9. The number of piperazine rings is 1. The maximum Gasteiger partial charge on any atom is 0.313 e. The third-order valence-electron chi connectivity index (χ3n) is 8.26. The van der Waals surface area contributed by atoms with E-state index < -0.39 is 11.6 Å². The van der Waals surface area contributed by atoms with E-state index in [2.05, 4.69) is 30.6 Å². The number of rotatable bonds is 12. The van der Waals surface area contributed by atoms with Gasteiger partial charge in [0, 0.05) is 44.2 Å². The maximum absolute atomic E-state index is 13.4. The summed E-state index contributed by atoms with van der Waals surface area (Å²) in [7, 11) is 0. The van der Waals surface area contributed by atoms with Crippen molar-refractivity contribution in [2.75, 3.05) is 44.2 Å². The molecule has 7 nitrogen and oxygen atoms in total. The van der Waals surface area contributed by atoms with Crippen LogP contribution in [0.3, 0.4) is 0 Å². The summed E-state index contributed by atoms with van der Waals surface area (Å²) in [5.41, 5.74) is 0.751. The van der Waals surface area contributed by atoms with Crippen molar-refractivity contribution in [3.8, 4) is 5.75 Å². The number of halogens is 2. The molecule has 4 rings (SSSR count). The van der Waals surface area contributed by atoms with E-state index in [0.717, 1.165) is 56.6 Å². The summed E-state index contributed by atoms with van der Waals surface area (Å²) in [6.45, 7) is 19.4. The highest BCUT2D eigenvalue weighted by Gasteiger charge is 2.36. The predicted octanol–water partition coefficient (Wildman–Crippen LogP) is 8.45. The van der Waals surface area contributed by atoms with Crippen LogP contribution in [0.15, 0.2) is 53.3 Å². The van der Waals surface area contributed by atoms with E-state index >= 15 is 0 Å². The molecule has 0 N–H and O–H groups in total. The molecule has 1 atom stereocenters. The van der Waals surface area contributed by atoms with Gasteiger partial charge in [0.1, 0.15) is 5.75 Å². The molecule has 0 amide bonds. The second-order valence-electron chi connectivity index (χ2n) is 14.4. The van der Waals surface area contributed by atoms with Crippen molar-refractivity contribution < 1.29 is 14.3 Å². The number of fused-ring (bicyclic) bond motifs is 1. The zero-order valence-corrected chi connectivity index (χ0v) is 29.4. The van der Waals surface area contributed by atoms with Gasteiger partial charge in [-0.25, -0.2) is 0 Å². The second-order valence-corrected chi connectivity index (χ2v) is 15.2. The van der Waals surface area contributed by atoms with Gasteiger partial charge in [0.2, 0.25) is 0 Å². The molecular weight excluding hydrogens is 609 g/mol. The number of anilines is 1. The smallest absolute Gasteiger partial charge is 0.313 e. The summed E-state index contributed by atoms with van der Waals surface area (Å²) in [4.78, 5) is 31.4. The van der Waals surface area contributed by atoms with Crippen molar-refractivity contribution >= 4 is 45.8 Å². The van der Waals surface area contributed by atoms with Crippen LogP contribution in [0.2, 0.25) is 10.0 Å². The Balaban J connectivity index is 1.35. The van der Waals surface area contributed by atoms with Crippen LogP contribution in [0.5, 0.6) is 5.75 Å². The number of ether oxygens (including phenoxy) is 2. The van der Waals surface area contributed by atoms with E-state index in [1.807, 2.05) is 64.1 Å². The molecule has 1 aliphatic rings. The van der Waals surface area contributed by atoms with E-state index in [1.165, 1.54) is 6.07 Å². The molecule has 3 aromatic rings. The van der Waals surface area contributed by atoms with Gasteiger partial charge in [-0.2, -0.15) is 0 Å². The van der Waals surface area contributed by atoms with Gasteiger partial charge in [0.05, 0.1) is 33.3 Å². The molecule has 1 saturated heterocycles. The monoisotopic (exact) mass is 657 g/mol. The Kier molecular flexibility index (Phi) is 11.5. The molecule has 0 bridgehead atoms. The first kappa shape index (κ1) is 35.1. The lowest BCUT2D eigenvalue weighted by molar-refractivity contribution is -0.169. The van der Waals surface area contributed by atoms with Crippen LogP contribution in [-0.4, -0.2) is 54.8 Å². The maximum atomic E-state index is 13.4. The number of esters is 1. The molecule has 246 valence electrons. The molecule has 2 aromatic carbocycles. The van der Waals surface area contributed by atoms with Crippen molar-refractivity contribution in [3.05, 3.63) is 68.9 Å². The van der Waals surface area contributed by atoms with Crippen molar-refractivity contribution in [3.63, 3.8) is 0 Å². The van der Waals surface area contributed by atoms with Gasteiger partial charge in [-0.3, -0.25) is 19.1 Å². The first-order valence-corrected chi connectivity index (χ1v) is 16.8. The first-order valence-electron chi connectivity index (χ1n) is 16.1. The fourth-order valence-electron chi connectivity index (χ4n) is 6.32. The second kappa shape index (κ2) is 14.8. The number of hydrogen-bond acceptors (Lipinski definition) is 6. The van der Waals surface area contributed by atoms with Gasteiger partial charge in [-0.05, 0) is 80.8 Å². The third-order valence-corrected chi connectivity index (χ3v) is 9.07. The number of aromatic nitrogens is 1. The van der Waals surface area contributed by atoms with Crippen molar-refractivity contribution in [1.29, 1.82) is 0 Å². The van der Waals surface area contributed by atoms with Crippen LogP contribution >= 0.6 is 23.2 Å². The molecule has 2 heterocycles. The van der Waals surface area contributed by atoms with Gasteiger partial charge in [0.25, 0.3) is 5.56 Å². The Bertz CT molecular complexity index is 1520. The van der Waals surface area contributed by atoms with E-state index in [4.69, 9.17) is 32.7 Å². The fraction of sp³-hybridized carbons (Fsp3) is 0.556. The number of carbonyl (C=O) groups is 1. The minimum absolute atomic E-state index is 0.0419. The molecule has 45 heavy (non-hydrogen) atoms. The Morgan fingerprint density at radius 2 is 1.62 bits per heavy atom. The average Bonchev–Trinajstić information content (AvgIpc) is 2.96. The molecule has 1 aliphatic heterocycles. The number of benzene rings is 2. The van der Waals surface area contributed by atoms with Gasteiger partial charge in [-0.15, -0.1) is 0 Å². The van der Waals surface area contributed by atoms with Gasteiger partial charge in [0.15, 0.2) is 6.23 Å². The lowest BCUT2D eigenvalue weighted by Gasteiger charge is -2.36. The third kappa shape index (κ3) is 9.17. The van der Waals surface area contributed by atoms with E-state index in [9.17, 15) is 9.59 Å². The minimum atomic E-state index is -0.737. The van der Waals surface area contributed by atoms with Crippen LogP contribution in [0.1, 0.15) is 74.0 Å². The summed E-state index contributed by atoms with van der Waals surface area (Å²) in [6, 6.07) is 14.9. The number of unbranched alkanes of at least 4 members (excludes halogenated alkanes) is 1. The van der Waals surface area contributed by atoms with Crippen molar-refractivity contribution in [2.24, 2.45) is 16.7 Å². The number of nitrogens with zero attached hydrogens (tertiary/aromatic N) is 3. The normalized spacial score (nSPS) is 15.5. The quantitative estimate of drug-likeness (QED) is 0.144. The van der Waals surface area contributed by atoms with Crippen molar-refractivity contribution in [2.45, 2.75) is 74.0 Å². The van der Waals surface area contributed by atoms with E-state index in [1.54, 1.807) is 10.6 Å². The van der Waals surface area contributed by atoms with E-state index in [-0.39, 0.29) is 22.9 Å². The zero-order valence-electron chi connectivity index (χ0n) is 27.9. The Morgan fingerprint density at radius 1 is 0.933 bits per heavy atom. The highest BCUT2D eigenvalue weighted by atomic mass is 35.5. The Morgan fingerprint density at radius 3 is 2.29 bits per heavy atom. The molecule has 9 heteroatoms. The summed E-state index contributed by atoms with van der Waals surface area (Å²) in [5, 5.41) is 2.09. The van der Waals surface area contributed by atoms with Crippen LogP contribution in [0.25, 0.3) is 10.9 Å². The SMILES string of the molecule is CC(C)C(OC(=O)C(C)(C)CC(C)(C)C)n1c(=O)ccc2ccc(OCCCCN3CCN(c4cccc(Cl)c4Cl)CC3)cc21. The molecule has 0 aliphatic carbocycles. The van der Waals surface area contributed by atoms with Crippen LogP contribution in [0, 0.1) is 16.7 Å². The largest absolute Gasteiger partial charge is 0.494 e. The Labute approximate surface area is 278 Å². The summed E-state index contributed by atoms with van der Waals surface area (Å²) >= 11 is 12.6. The van der Waals surface area contributed by atoms with Crippen LogP contribution in [0.4, 0.5) is 5.69 Å². The first-order chi connectivity index (χ1) is 21.2. The van der Waals surface area contributed by atoms with Crippen LogP contribution < -0.4 is 15.2 Å². The molecular formula is C36H49Cl2N3O4. The predicted molar refractivity (Wildman–Crippen MR) is 186 cm³/mol. The number of pyridine rings is 1. The lowest BCUT2D eigenvalue weighted by atomic mass is 9.76. The van der Waals surface area contributed by atoms with Crippen LogP contribution in [-0.2, 0) is 9.53 Å². The van der Waals surface area contributed by atoms with Gasteiger partial charge >= 0.3 is 5.97 Å². The highest BCUT2D eigenvalue weighted by Crippen LogP contribution is 2.36. The molecule has 0 spiro atoms. The number of hydrogen-bond donors (Lipinski definition) is 0.